The van der Waals surface area contributed by atoms with Crippen LogP contribution in [0.4, 0.5) is 0 Å². The number of nitrogens with zero attached hydrogens (tertiary/aromatic N) is 2. The van der Waals surface area contributed by atoms with E-state index in [9.17, 15) is 0 Å². The Hall–Kier alpha value is 1.43. The first-order valence-electron chi connectivity index (χ1n) is 6.20. The number of hydrogen-bond acceptors (Lipinski definition) is 1. The Kier molecular flexibility index (Phi) is 9.43. The van der Waals surface area contributed by atoms with E-state index in [0.717, 1.165) is 0 Å². The molecule has 1 aliphatic carbocycles. The number of hydrogen-bond donors (Lipinski definition) is 0. The zero-order valence-corrected chi connectivity index (χ0v) is 17.2. The SMILES string of the molecule is C[C]1[C](C)[C](C)[C]([Si](C)(C)[N-]N(C)C)[C]1C.[Cl][Ti][Cl]. The Morgan fingerprint density at radius 1 is 0.895 bits per heavy atom. The van der Waals surface area contributed by atoms with E-state index >= 15 is 0 Å². The predicted molar refractivity (Wildman–Crippen MR) is 85.1 cm³/mol. The summed E-state index contributed by atoms with van der Waals surface area (Å²) in [6.45, 7) is 13.6. The van der Waals surface area contributed by atoms with Crippen molar-refractivity contribution in [2.45, 2.75) is 40.8 Å². The summed E-state index contributed by atoms with van der Waals surface area (Å²) in [4.78, 5) is 0. The Morgan fingerprint density at radius 2 is 1.21 bits per heavy atom. The maximum absolute atomic E-state index is 4.89. The van der Waals surface area contributed by atoms with Crippen molar-refractivity contribution in [1.82, 2.24) is 5.01 Å². The van der Waals surface area contributed by atoms with Gasteiger partial charge in [0.15, 0.2) is 0 Å². The normalized spacial score (nSPS) is 20.8. The summed E-state index contributed by atoms with van der Waals surface area (Å²) in [6.07, 6.45) is 0. The molecule has 0 spiro atoms. The van der Waals surface area contributed by atoms with Crippen molar-refractivity contribution in [3.8, 4) is 0 Å². The van der Waals surface area contributed by atoms with Gasteiger partial charge in [-0.1, -0.05) is 40.8 Å². The minimum absolute atomic E-state index is 0.556. The van der Waals surface area contributed by atoms with Gasteiger partial charge in [-0.05, 0) is 51.5 Å². The molecule has 0 aromatic carbocycles. The van der Waals surface area contributed by atoms with Crippen molar-refractivity contribution >= 4 is 26.8 Å². The van der Waals surface area contributed by atoms with Crippen LogP contribution in [0.25, 0.3) is 5.09 Å². The van der Waals surface area contributed by atoms with Gasteiger partial charge < -0.3 is 10.1 Å². The van der Waals surface area contributed by atoms with E-state index in [1.807, 2.05) is 19.1 Å². The van der Waals surface area contributed by atoms with E-state index in [0.29, 0.717) is 0 Å². The fourth-order valence-electron chi connectivity index (χ4n) is 2.69. The Morgan fingerprint density at radius 3 is 1.47 bits per heavy atom. The van der Waals surface area contributed by atoms with E-state index in [4.69, 9.17) is 23.7 Å². The van der Waals surface area contributed by atoms with Gasteiger partial charge in [0.05, 0.1) is 0 Å². The minimum atomic E-state index is -1.69. The van der Waals surface area contributed by atoms with Crippen LogP contribution >= 0.6 is 18.6 Å². The molecule has 0 N–H and O–H groups in total. The third kappa shape index (κ3) is 5.61. The summed E-state index contributed by atoms with van der Waals surface area (Å²) in [6, 6.07) is 0. The van der Waals surface area contributed by atoms with Gasteiger partial charge in [-0.2, -0.15) is 0 Å². The van der Waals surface area contributed by atoms with Crippen molar-refractivity contribution in [1.29, 1.82) is 0 Å². The zero-order valence-electron chi connectivity index (χ0n) is 13.2. The second-order valence-electron chi connectivity index (χ2n) is 5.45. The third-order valence-corrected chi connectivity index (χ3v) is 6.37. The van der Waals surface area contributed by atoms with E-state index in [2.05, 4.69) is 40.8 Å². The van der Waals surface area contributed by atoms with Crippen molar-refractivity contribution in [2.24, 2.45) is 0 Å². The summed E-state index contributed by atoms with van der Waals surface area (Å²) in [5, 5.41) is 6.79. The molecule has 109 valence electrons. The molecular formula is C13H24Cl2N2SiTi-. The molecule has 1 fully saturated rings. The quantitative estimate of drug-likeness (QED) is 0.519. The van der Waals surface area contributed by atoms with Crippen LogP contribution in [-0.4, -0.2) is 27.3 Å². The molecule has 0 atom stereocenters. The topological polar surface area (TPSA) is 17.3 Å². The first-order chi connectivity index (χ1) is 8.60. The molecule has 0 heterocycles. The van der Waals surface area contributed by atoms with Gasteiger partial charge in [0, 0.05) is 0 Å². The third-order valence-electron chi connectivity index (χ3n) is 3.50. The van der Waals surface area contributed by atoms with Crippen LogP contribution in [0.5, 0.6) is 0 Å². The fraction of sp³-hybridized carbons (Fsp3) is 0.615. The summed E-state index contributed by atoms with van der Waals surface area (Å²) in [5.41, 5.74) is 1.52. The molecule has 0 bridgehead atoms. The molecule has 0 unspecified atom stereocenters. The predicted octanol–water partition coefficient (Wildman–Crippen LogP) is 4.92. The van der Waals surface area contributed by atoms with Gasteiger partial charge in [0.1, 0.15) is 0 Å². The van der Waals surface area contributed by atoms with Crippen LogP contribution in [0.15, 0.2) is 0 Å². The molecule has 19 heavy (non-hydrogen) atoms. The average molecular weight is 355 g/mol. The molecular weight excluding hydrogens is 331 g/mol. The van der Waals surface area contributed by atoms with Crippen LogP contribution in [0.2, 0.25) is 13.1 Å². The summed E-state index contributed by atoms with van der Waals surface area (Å²) in [7, 11) is 12.1. The second kappa shape index (κ2) is 8.77. The standard InChI is InChI=1S/C13H24N2Si.2ClH.Ti/c1-9-10(2)12(4)13(11(9)3)16(7,8)14-15(5)6;;;/h1-8H3;2*1H;/q-1;;;+2/p-2. The maximum atomic E-state index is 4.89. The molecule has 5 radical (unpaired) electrons. The molecule has 1 saturated carbocycles. The van der Waals surface area contributed by atoms with Crippen molar-refractivity contribution < 1.29 is 17.0 Å². The second-order valence-corrected chi connectivity index (χ2v) is 11.8. The van der Waals surface area contributed by atoms with E-state index in [1.165, 1.54) is 29.2 Å². The molecule has 6 heteroatoms. The molecule has 1 aliphatic rings. The molecule has 0 amide bonds. The molecule has 0 aromatic heterocycles. The van der Waals surface area contributed by atoms with Crippen LogP contribution in [0, 0.1) is 29.2 Å². The van der Waals surface area contributed by atoms with Crippen molar-refractivity contribution in [3.63, 3.8) is 0 Å². The average Bonchev–Trinajstić information content (AvgIpc) is 2.43. The van der Waals surface area contributed by atoms with E-state index < -0.39 is 25.3 Å². The van der Waals surface area contributed by atoms with Crippen LogP contribution in [-0.2, 0) is 17.0 Å². The first-order valence-corrected chi connectivity index (χ1v) is 13.4. The van der Waals surface area contributed by atoms with Crippen molar-refractivity contribution in [2.75, 3.05) is 14.1 Å². The van der Waals surface area contributed by atoms with E-state index in [-0.39, 0.29) is 0 Å². The van der Waals surface area contributed by atoms with Gasteiger partial charge >= 0.3 is 35.6 Å². The summed E-state index contributed by atoms with van der Waals surface area (Å²) < 4.78 is 0. The van der Waals surface area contributed by atoms with Gasteiger partial charge in [-0.3, -0.25) is 0 Å². The Labute approximate surface area is 137 Å². The van der Waals surface area contributed by atoms with Gasteiger partial charge in [0.2, 0.25) is 0 Å². The van der Waals surface area contributed by atoms with Gasteiger partial charge in [0.25, 0.3) is 0 Å². The summed E-state index contributed by atoms with van der Waals surface area (Å²) >= 11 is -0.556. The van der Waals surface area contributed by atoms with Crippen LogP contribution in [0.1, 0.15) is 27.7 Å². The van der Waals surface area contributed by atoms with Gasteiger partial charge in [-0.15, -0.1) is 0 Å². The van der Waals surface area contributed by atoms with Gasteiger partial charge in [-0.25, -0.2) is 0 Å². The summed E-state index contributed by atoms with van der Waals surface area (Å²) in [5.74, 6) is 5.80. The Balaban J connectivity index is 0.000000982. The number of halogens is 2. The molecule has 0 aromatic rings. The molecule has 1 rings (SSSR count). The Bertz CT molecular complexity index is 253. The zero-order chi connectivity index (χ0) is 15.4. The van der Waals surface area contributed by atoms with E-state index in [1.54, 1.807) is 0 Å². The molecule has 0 aliphatic heterocycles. The van der Waals surface area contributed by atoms with Crippen molar-refractivity contribution in [3.05, 3.63) is 34.3 Å². The monoisotopic (exact) mass is 354 g/mol. The van der Waals surface area contributed by atoms with Crippen LogP contribution in [0.3, 0.4) is 0 Å². The number of rotatable bonds is 3. The molecule has 0 saturated heterocycles. The fourth-order valence-corrected chi connectivity index (χ4v) is 6.00. The first kappa shape index (κ1) is 20.4. The van der Waals surface area contributed by atoms with Crippen LogP contribution < -0.4 is 0 Å². The molecule has 2 nitrogen and oxygen atoms in total.